The van der Waals surface area contributed by atoms with Crippen LogP contribution in [0.3, 0.4) is 0 Å². The first kappa shape index (κ1) is 7.94. The topological polar surface area (TPSA) is 63.4 Å². The van der Waals surface area contributed by atoms with Crippen LogP contribution in [0, 0.1) is 0 Å². The zero-order valence-corrected chi connectivity index (χ0v) is 6.12. The summed E-state index contributed by atoms with van der Waals surface area (Å²) in [5, 5.41) is 0. The average molecular weight is 154 g/mol. The molecule has 1 aliphatic heterocycles. The molecular weight excluding hydrogens is 144 g/mol. The first-order chi connectivity index (χ1) is 5.16. The monoisotopic (exact) mass is 154 g/mol. The number of carbonyl (C=O) groups is 2. The second kappa shape index (κ2) is 2.84. The second-order valence-electron chi connectivity index (χ2n) is 2.44. The zero-order chi connectivity index (χ0) is 8.43. The van der Waals surface area contributed by atoms with Crippen molar-refractivity contribution in [2.45, 2.75) is 12.5 Å². The molecular formula is C7H10N2O2. The van der Waals surface area contributed by atoms with Crippen molar-refractivity contribution in [2.24, 2.45) is 5.73 Å². The number of nitrogens with two attached hydrogens (primary N) is 1. The van der Waals surface area contributed by atoms with Gasteiger partial charge in [-0.15, -0.1) is 6.58 Å². The summed E-state index contributed by atoms with van der Waals surface area (Å²) in [6.45, 7) is 3.70. The van der Waals surface area contributed by atoms with E-state index in [1.807, 2.05) is 0 Å². The number of carbonyl (C=O) groups excluding carboxylic acids is 2. The van der Waals surface area contributed by atoms with Crippen LogP contribution in [0.5, 0.6) is 0 Å². The third-order valence-electron chi connectivity index (χ3n) is 1.59. The Kier molecular flexibility index (Phi) is 2.05. The lowest BCUT2D eigenvalue weighted by Gasteiger charge is -2.09. The minimum atomic E-state index is -0.637. The van der Waals surface area contributed by atoms with E-state index in [0.29, 0.717) is 0 Å². The third-order valence-corrected chi connectivity index (χ3v) is 1.59. The van der Waals surface area contributed by atoms with E-state index < -0.39 is 6.04 Å². The number of hydrogen-bond donors (Lipinski definition) is 1. The number of rotatable bonds is 2. The predicted octanol–water partition coefficient (Wildman–Crippen LogP) is -0.741. The molecule has 1 fully saturated rings. The summed E-state index contributed by atoms with van der Waals surface area (Å²) in [6.07, 6.45) is 1.64. The van der Waals surface area contributed by atoms with Gasteiger partial charge in [0.25, 0.3) is 0 Å². The van der Waals surface area contributed by atoms with Crippen LogP contribution >= 0.6 is 0 Å². The zero-order valence-electron chi connectivity index (χ0n) is 6.12. The Morgan fingerprint density at radius 3 is 2.73 bits per heavy atom. The Bertz CT molecular complexity index is 212. The van der Waals surface area contributed by atoms with Crippen molar-refractivity contribution in [2.75, 3.05) is 6.54 Å². The van der Waals surface area contributed by atoms with Gasteiger partial charge in [-0.3, -0.25) is 14.5 Å². The molecule has 0 radical (unpaired) electrons. The van der Waals surface area contributed by atoms with E-state index in [1.165, 1.54) is 6.08 Å². The van der Waals surface area contributed by atoms with Crippen LogP contribution in [0.15, 0.2) is 12.7 Å². The van der Waals surface area contributed by atoms with E-state index in [0.717, 1.165) is 4.90 Å². The van der Waals surface area contributed by atoms with E-state index >= 15 is 0 Å². The molecule has 60 valence electrons. The smallest absolute Gasteiger partial charge is 0.246 e. The largest absolute Gasteiger partial charge is 0.319 e. The highest BCUT2D eigenvalue weighted by atomic mass is 16.2. The predicted molar refractivity (Wildman–Crippen MR) is 39.5 cm³/mol. The summed E-state index contributed by atoms with van der Waals surface area (Å²) >= 11 is 0. The van der Waals surface area contributed by atoms with Crippen LogP contribution in [-0.2, 0) is 9.59 Å². The Morgan fingerprint density at radius 2 is 2.36 bits per heavy atom. The van der Waals surface area contributed by atoms with Crippen LogP contribution in [-0.4, -0.2) is 29.3 Å². The first-order valence-corrected chi connectivity index (χ1v) is 3.37. The summed E-state index contributed by atoms with van der Waals surface area (Å²) in [7, 11) is 0. The summed E-state index contributed by atoms with van der Waals surface area (Å²) in [6, 6.07) is -0.637. The quantitative estimate of drug-likeness (QED) is 0.421. The maximum Gasteiger partial charge on any atom is 0.246 e. The van der Waals surface area contributed by atoms with Crippen molar-refractivity contribution in [3.05, 3.63) is 12.7 Å². The van der Waals surface area contributed by atoms with Gasteiger partial charge in [0.05, 0.1) is 12.5 Å². The van der Waals surface area contributed by atoms with Crippen LogP contribution in [0.2, 0.25) is 0 Å². The van der Waals surface area contributed by atoms with Gasteiger partial charge in [-0.1, -0.05) is 6.08 Å². The van der Waals surface area contributed by atoms with E-state index in [1.54, 1.807) is 0 Å². The van der Waals surface area contributed by atoms with Crippen molar-refractivity contribution in [3.63, 3.8) is 0 Å². The number of amides is 2. The number of imide groups is 1. The Balaban J connectivity index is 2.71. The molecule has 1 heterocycles. The highest BCUT2D eigenvalue weighted by Crippen LogP contribution is 2.09. The van der Waals surface area contributed by atoms with Crippen LogP contribution in [0.1, 0.15) is 6.42 Å². The summed E-state index contributed by atoms with van der Waals surface area (Å²) < 4.78 is 0. The lowest BCUT2D eigenvalue weighted by atomic mass is 10.3. The molecule has 2 amide bonds. The lowest BCUT2D eigenvalue weighted by molar-refractivity contribution is -0.137. The Labute approximate surface area is 64.7 Å². The van der Waals surface area contributed by atoms with Crippen molar-refractivity contribution < 1.29 is 9.59 Å². The van der Waals surface area contributed by atoms with Gasteiger partial charge in [-0.2, -0.15) is 0 Å². The normalized spacial score (nSPS) is 24.5. The van der Waals surface area contributed by atoms with Gasteiger partial charge in [0.15, 0.2) is 0 Å². The highest BCUT2D eigenvalue weighted by molar-refractivity contribution is 6.05. The second-order valence-corrected chi connectivity index (χ2v) is 2.44. The molecule has 1 unspecified atom stereocenters. The summed E-state index contributed by atoms with van der Waals surface area (Å²) in [5.74, 6) is -0.502. The fourth-order valence-electron chi connectivity index (χ4n) is 1.03. The lowest BCUT2D eigenvalue weighted by Crippen LogP contribution is -2.35. The molecule has 1 saturated heterocycles. The minimum Gasteiger partial charge on any atom is -0.319 e. The molecule has 11 heavy (non-hydrogen) atoms. The number of likely N-dealkylation sites (tertiary alicyclic amines) is 1. The minimum absolute atomic E-state index is 0.132. The molecule has 0 aromatic rings. The summed E-state index contributed by atoms with van der Waals surface area (Å²) in [4.78, 5) is 23.1. The van der Waals surface area contributed by atoms with Gasteiger partial charge in [0.1, 0.15) is 0 Å². The maximum absolute atomic E-state index is 11.0. The SMILES string of the molecule is C=CCN1C(=O)CC(N)C1=O. The molecule has 0 saturated carbocycles. The van der Waals surface area contributed by atoms with Gasteiger partial charge in [0, 0.05) is 6.54 Å². The van der Waals surface area contributed by atoms with Crippen molar-refractivity contribution in [1.29, 1.82) is 0 Å². The van der Waals surface area contributed by atoms with Gasteiger partial charge in [-0.25, -0.2) is 0 Å². The first-order valence-electron chi connectivity index (χ1n) is 3.37. The van der Waals surface area contributed by atoms with Crippen molar-refractivity contribution in [3.8, 4) is 0 Å². The molecule has 4 heteroatoms. The van der Waals surface area contributed by atoms with Crippen LogP contribution in [0.4, 0.5) is 0 Å². The van der Waals surface area contributed by atoms with Crippen molar-refractivity contribution >= 4 is 11.8 Å². The molecule has 0 aromatic heterocycles. The van der Waals surface area contributed by atoms with Crippen LogP contribution < -0.4 is 5.73 Å². The Hall–Kier alpha value is -1.16. The third kappa shape index (κ3) is 1.30. The fourth-order valence-corrected chi connectivity index (χ4v) is 1.03. The van der Waals surface area contributed by atoms with Gasteiger partial charge >= 0.3 is 0 Å². The van der Waals surface area contributed by atoms with E-state index in [4.69, 9.17) is 5.73 Å². The molecule has 0 aliphatic carbocycles. The van der Waals surface area contributed by atoms with Crippen molar-refractivity contribution in [1.82, 2.24) is 4.90 Å². The molecule has 0 bridgehead atoms. The molecule has 1 aliphatic rings. The molecule has 2 N–H and O–H groups in total. The van der Waals surface area contributed by atoms with E-state index in [9.17, 15) is 9.59 Å². The van der Waals surface area contributed by atoms with Gasteiger partial charge in [0.2, 0.25) is 11.8 Å². The standard InChI is InChI=1S/C7H10N2O2/c1-2-3-9-6(10)4-5(8)7(9)11/h2,5H,1,3-4,8H2. The average Bonchev–Trinajstić information content (AvgIpc) is 2.17. The van der Waals surface area contributed by atoms with E-state index in [2.05, 4.69) is 6.58 Å². The Morgan fingerprint density at radius 1 is 1.73 bits per heavy atom. The molecule has 4 nitrogen and oxygen atoms in total. The molecule has 0 aromatic carbocycles. The summed E-state index contributed by atoms with van der Waals surface area (Å²) in [5.41, 5.74) is 5.34. The molecule has 0 spiro atoms. The number of hydrogen-bond acceptors (Lipinski definition) is 3. The highest BCUT2D eigenvalue weighted by Gasteiger charge is 2.34. The molecule has 1 atom stereocenters. The van der Waals surface area contributed by atoms with Gasteiger partial charge in [-0.05, 0) is 0 Å². The maximum atomic E-state index is 11.0. The fraction of sp³-hybridized carbons (Fsp3) is 0.429. The van der Waals surface area contributed by atoms with Crippen LogP contribution in [0.25, 0.3) is 0 Å². The van der Waals surface area contributed by atoms with E-state index in [-0.39, 0.29) is 24.8 Å². The molecule has 1 rings (SSSR count). The number of nitrogens with zero attached hydrogens (tertiary/aromatic N) is 1. The van der Waals surface area contributed by atoms with Gasteiger partial charge < -0.3 is 5.73 Å².